The van der Waals surface area contributed by atoms with Crippen molar-refractivity contribution < 1.29 is 9.53 Å². The number of hydrogen-bond donors (Lipinski definition) is 1. The highest BCUT2D eigenvalue weighted by molar-refractivity contribution is 5.96. The molecule has 0 aliphatic carbocycles. The summed E-state index contributed by atoms with van der Waals surface area (Å²) in [6.45, 7) is 5.19. The summed E-state index contributed by atoms with van der Waals surface area (Å²) in [7, 11) is 0. The van der Waals surface area contributed by atoms with E-state index in [1.165, 1.54) is 5.56 Å². The molecule has 0 saturated carbocycles. The highest BCUT2D eigenvalue weighted by atomic mass is 16.5. The van der Waals surface area contributed by atoms with E-state index >= 15 is 0 Å². The Morgan fingerprint density at radius 2 is 2.24 bits per heavy atom. The van der Waals surface area contributed by atoms with Gasteiger partial charge in [0.2, 0.25) is 5.91 Å². The van der Waals surface area contributed by atoms with Crippen LogP contribution in [0.3, 0.4) is 0 Å². The second kappa shape index (κ2) is 6.93. The van der Waals surface area contributed by atoms with Crippen LogP contribution in [-0.2, 0) is 22.4 Å². The summed E-state index contributed by atoms with van der Waals surface area (Å²) in [6, 6.07) is 8.15. The van der Waals surface area contributed by atoms with Gasteiger partial charge in [-0.05, 0) is 18.1 Å². The fourth-order valence-electron chi connectivity index (χ4n) is 3.49. The molecule has 0 radical (unpaired) electrons. The molecule has 0 spiro atoms. The largest absolute Gasteiger partial charge is 0.367 e. The van der Waals surface area contributed by atoms with Crippen molar-refractivity contribution in [1.29, 1.82) is 0 Å². The van der Waals surface area contributed by atoms with Crippen LogP contribution in [0, 0.1) is 0 Å². The molecule has 25 heavy (non-hydrogen) atoms. The number of fused-ring (bicyclic) bond motifs is 1. The minimum Gasteiger partial charge on any atom is -0.367 e. The van der Waals surface area contributed by atoms with Crippen LogP contribution in [0.2, 0.25) is 0 Å². The Balaban J connectivity index is 1.40. The molecule has 1 saturated heterocycles. The zero-order chi connectivity index (χ0) is 17.2. The standard InChI is InChI=1S/C18H23N5O2/c1-2-16-19-18(21-20-16)15-11-22(9-10-25-15)12-17(24)23-8-7-13-5-3-4-6-14(13)23/h3-6,15H,2,7-12H2,1H3,(H,19,20,21)/t15-/m1/s1. The van der Waals surface area contributed by atoms with Crippen LogP contribution in [0.15, 0.2) is 24.3 Å². The van der Waals surface area contributed by atoms with E-state index in [0.29, 0.717) is 25.5 Å². The molecule has 2 aliphatic heterocycles. The Labute approximate surface area is 147 Å². The Morgan fingerprint density at radius 1 is 1.36 bits per heavy atom. The Hall–Kier alpha value is -2.25. The first kappa shape index (κ1) is 16.2. The number of ether oxygens (including phenoxy) is 1. The van der Waals surface area contributed by atoms with Gasteiger partial charge in [0, 0.05) is 31.7 Å². The molecule has 132 valence electrons. The maximum Gasteiger partial charge on any atom is 0.241 e. The third kappa shape index (κ3) is 3.29. The maximum atomic E-state index is 12.8. The molecule has 1 N–H and O–H groups in total. The summed E-state index contributed by atoms with van der Waals surface area (Å²) in [5, 5.41) is 7.18. The lowest BCUT2D eigenvalue weighted by Gasteiger charge is -2.32. The van der Waals surface area contributed by atoms with Crippen molar-refractivity contribution in [2.24, 2.45) is 0 Å². The molecule has 4 rings (SSSR count). The van der Waals surface area contributed by atoms with Crippen LogP contribution in [0.4, 0.5) is 5.69 Å². The minimum absolute atomic E-state index is 0.148. The van der Waals surface area contributed by atoms with Crippen molar-refractivity contribution in [2.75, 3.05) is 37.7 Å². The lowest BCUT2D eigenvalue weighted by atomic mass is 10.2. The molecule has 1 atom stereocenters. The number of morpholine rings is 1. The molecule has 7 nitrogen and oxygen atoms in total. The predicted octanol–water partition coefficient (Wildman–Crippen LogP) is 1.33. The second-order valence-corrected chi connectivity index (χ2v) is 6.51. The van der Waals surface area contributed by atoms with Crippen molar-refractivity contribution in [2.45, 2.75) is 25.9 Å². The monoisotopic (exact) mass is 341 g/mol. The average molecular weight is 341 g/mol. The fraction of sp³-hybridized carbons (Fsp3) is 0.500. The molecule has 1 fully saturated rings. The maximum absolute atomic E-state index is 12.8. The lowest BCUT2D eigenvalue weighted by Crippen LogP contribution is -2.45. The average Bonchev–Trinajstić information content (AvgIpc) is 3.29. The summed E-state index contributed by atoms with van der Waals surface area (Å²) in [5.74, 6) is 1.69. The number of amides is 1. The summed E-state index contributed by atoms with van der Waals surface area (Å²) in [5.41, 5.74) is 2.31. The summed E-state index contributed by atoms with van der Waals surface area (Å²) >= 11 is 0. The van der Waals surface area contributed by atoms with Gasteiger partial charge in [-0.2, -0.15) is 5.10 Å². The normalized spacial score (nSPS) is 20.7. The number of nitrogens with zero attached hydrogens (tertiary/aromatic N) is 4. The Kier molecular flexibility index (Phi) is 4.50. The number of carbonyl (C=O) groups is 1. The predicted molar refractivity (Wildman–Crippen MR) is 93.4 cm³/mol. The summed E-state index contributed by atoms with van der Waals surface area (Å²) in [4.78, 5) is 21.3. The van der Waals surface area contributed by atoms with Gasteiger partial charge in [0.05, 0.1) is 13.2 Å². The number of aryl methyl sites for hydroxylation is 1. The van der Waals surface area contributed by atoms with Crippen molar-refractivity contribution in [3.8, 4) is 0 Å². The van der Waals surface area contributed by atoms with E-state index in [9.17, 15) is 4.79 Å². The molecule has 1 aromatic carbocycles. The highest BCUT2D eigenvalue weighted by Crippen LogP contribution is 2.28. The van der Waals surface area contributed by atoms with Gasteiger partial charge in [-0.3, -0.25) is 14.8 Å². The first-order valence-electron chi connectivity index (χ1n) is 8.88. The second-order valence-electron chi connectivity index (χ2n) is 6.51. The van der Waals surface area contributed by atoms with Crippen molar-refractivity contribution >= 4 is 11.6 Å². The van der Waals surface area contributed by atoms with E-state index < -0.39 is 0 Å². The lowest BCUT2D eigenvalue weighted by molar-refractivity contribution is -0.121. The van der Waals surface area contributed by atoms with Crippen LogP contribution in [0.25, 0.3) is 0 Å². The number of hydrogen-bond acceptors (Lipinski definition) is 5. The van der Waals surface area contributed by atoms with Crippen molar-refractivity contribution in [3.05, 3.63) is 41.5 Å². The molecule has 1 amide bonds. The minimum atomic E-state index is -0.177. The quantitative estimate of drug-likeness (QED) is 0.908. The van der Waals surface area contributed by atoms with Crippen molar-refractivity contribution in [3.63, 3.8) is 0 Å². The zero-order valence-corrected chi connectivity index (χ0v) is 14.4. The number of rotatable bonds is 4. The van der Waals surface area contributed by atoms with E-state index in [1.807, 2.05) is 30.0 Å². The van der Waals surface area contributed by atoms with Gasteiger partial charge in [-0.1, -0.05) is 25.1 Å². The molecular weight excluding hydrogens is 318 g/mol. The molecule has 3 heterocycles. The number of benzene rings is 1. The van der Waals surface area contributed by atoms with E-state index in [2.05, 4.69) is 26.1 Å². The fourth-order valence-corrected chi connectivity index (χ4v) is 3.49. The van der Waals surface area contributed by atoms with E-state index in [1.54, 1.807) is 0 Å². The van der Waals surface area contributed by atoms with Gasteiger partial charge in [0.1, 0.15) is 11.9 Å². The number of nitrogens with one attached hydrogen (secondary N) is 1. The number of anilines is 1. The Bertz CT molecular complexity index is 759. The number of aromatic nitrogens is 3. The third-order valence-electron chi connectivity index (χ3n) is 4.87. The van der Waals surface area contributed by atoms with Gasteiger partial charge in [0.25, 0.3) is 0 Å². The first-order valence-corrected chi connectivity index (χ1v) is 8.88. The van der Waals surface area contributed by atoms with Gasteiger partial charge >= 0.3 is 0 Å². The number of para-hydroxylation sites is 1. The van der Waals surface area contributed by atoms with Gasteiger partial charge in [-0.25, -0.2) is 4.98 Å². The zero-order valence-electron chi connectivity index (χ0n) is 14.4. The van der Waals surface area contributed by atoms with E-state index in [0.717, 1.165) is 37.4 Å². The molecular formula is C18H23N5O2. The van der Waals surface area contributed by atoms with Crippen LogP contribution < -0.4 is 4.90 Å². The first-order chi connectivity index (χ1) is 12.2. The number of carbonyl (C=O) groups excluding carboxylic acids is 1. The molecule has 2 aromatic rings. The molecule has 7 heteroatoms. The Morgan fingerprint density at radius 3 is 3.08 bits per heavy atom. The topological polar surface area (TPSA) is 74.3 Å². The SMILES string of the molecule is CCc1nc([C@H]2CN(CC(=O)N3CCc4ccccc43)CCO2)n[nH]1. The van der Waals surface area contributed by atoms with Crippen molar-refractivity contribution in [1.82, 2.24) is 20.1 Å². The highest BCUT2D eigenvalue weighted by Gasteiger charge is 2.29. The van der Waals surface area contributed by atoms with Crippen LogP contribution in [-0.4, -0.2) is 58.8 Å². The molecule has 0 bridgehead atoms. The van der Waals surface area contributed by atoms with Gasteiger partial charge < -0.3 is 9.64 Å². The van der Waals surface area contributed by atoms with E-state index in [4.69, 9.17) is 4.74 Å². The van der Waals surface area contributed by atoms with Crippen LogP contribution in [0.1, 0.15) is 30.2 Å². The smallest absolute Gasteiger partial charge is 0.241 e. The van der Waals surface area contributed by atoms with Crippen LogP contribution in [0.5, 0.6) is 0 Å². The van der Waals surface area contributed by atoms with E-state index in [-0.39, 0.29) is 12.0 Å². The van der Waals surface area contributed by atoms with Gasteiger partial charge in [0.15, 0.2) is 5.82 Å². The molecule has 0 unspecified atom stereocenters. The van der Waals surface area contributed by atoms with Gasteiger partial charge in [-0.15, -0.1) is 0 Å². The molecule has 2 aliphatic rings. The number of H-pyrrole nitrogens is 1. The summed E-state index contributed by atoms with van der Waals surface area (Å²) in [6.07, 6.45) is 1.57. The number of aromatic amines is 1. The summed E-state index contributed by atoms with van der Waals surface area (Å²) < 4.78 is 5.80. The third-order valence-corrected chi connectivity index (χ3v) is 4.87. The van der Waals surface area contributed by atoms with Crippen LogP contribution >= 0.6 is 0 Å². The molecule has 1 aromatic heterocycles.